The SMILES string of the molecule is CC(=O)ON=C(C)C(=NOC(C)=O)c1ccccc1. The van der Waals surface area contributed by atoms with Crippen LogP contribution in [0.15, 0.2) is 40.6 Å². The van der Waals surface area contributed by atoms with Crippen LogP contribution in [0.2, 0.25) is 0 Å². The molecule has 0 aliphatic heterocycles. The zero-order chi connectivity index (χ0) is 14.3. The van der Waals surface area contributed by atoms with Gasteiger partial charge in [-0.25, -0.2) is 9.59 Å². The highest BCUT2D eigenvalue weighted by molar-refractivity contribution is 6.47. The lowest BCUT2D eigenvalue weighted by atomic mass is 10.1. The molecule has 19 heavy (non-hydrogen) atoms. The molecule has 0 atom stereocenters. The Hall–Kier alpha value is -2.50. The summed E-state index contributed by atoms with van der Waals surface area (Å²) in [4.78, 5) is 30.7. The number of carbonyl (C=O) groups excluding carboxylic acids is 2. The monoisotopic (exact) mass is 262 g/mol. The van der Waals surface area contributed by atoms with Gasteiger partial charge in [0.15, 0.2) is 0 Å². The number of oxime groups is 2. The Morgan fingerprint density at radius 2 is 1.42 bits per heavy atom. The molecule has 6 heteroatoms. The van der Waals surface area contributed by atoms with E-state index in [-0.39, 0.29) is 0 Å². The summed E-state index contributed by atoms with van der Waals surface area (Å²) in [6, 6.07) is 8.99. The predicted molar refractivity (Wildman–Crippen MR) is 69.6 cm³/mol. The molecule has 100 valence electrons. The van der Waals surface area contributed by atoms with Gasteiger partial charge in [-0.3, -0.25) is 0 Å². The molecule has 0 aliphatic rings. The van der Waals surface area contributed by atoms with Crippen molar-refractivity contribution in [1.29, 1.82) is 0 Å². The van der Waals surface area contributed by atoms with Gasteiger partial charge in [-0.2, -0.15) is 0 Å². The van der Waals surface area contributed by atoms with Crippen LogP contribution in [0.4, 0.5) is 0 Å². The van der Waals surface area contributed by atoms with Crippen LogP contribution >= 0.6 is 0 Å². The van der Waals surface area contributed by atoms with Crippen LogP contribution in [0.5, 0.6) is 0 Å². The summed E-state index contributed by atoms with van der Waals surface area (Å²) < 4.78 is 0. The van der Waals surface area contributed by atoms with E-state index in [2.05, 4.69) is 20.0 Å². The minimum atomic E-state index is -0.547. The van der Waals surface area contributed by atoms with Crippen molar-refractivity contribution < 1.29 is 19.3 Å². The van der Waals surface area contributed by atoms with E-state index in [0.29, 0.717) is 17.0 Å². The lowest BCUT2D eigenvalue weighted by molar-refractivity contribution is -0.142. The molecule has 1 rings (SSSR count). The molecule has 0 aliphatic carbocycles. The highest BCUT2D eigenvalue weighted by atomic mass is 16.7. The Labute approximate surface area is 110 Å². The molecule has 0 saturated heterocycles. The molecule has 0 radical (unpaired) electrons. The van der Waals surface area contributed by atoms with Crippen LogP contribution in [0.3, 0.4) is 0 Å². The molecule has 6 nitrogen and oxygen atoms in total. The predicted octanol–water partition coefficient (Wildman–Crippen LogP) is 1.89. The summed E-state index contributed by atoms with van der Waals surface area (Å²) in [6.07, 6.45) is 0. The fraction of sp³-hybridized carbons (Fsp3) is 0.231. The summed E-state index contributed by atoms with van der Waals surface area (Å²) in [5.74, 6) is -1.09. The van der Waals surface area contributed by atoms with E-state index in [0.717, 1.165) is 0 Å². The molecule has 0 N–H and O–H groups in total. The van der Waals surface area contributed by atoms with Gasteiger partial charge in [0.05, 0.1) is 0 Å². The maximum atomic E-state index is 10.8. The first kappa shape index (κ1) is 14.6. The first-order valence-electron chi connectivity index (χ1n) is 5.54. The van der Waals surface area contributed by atoms with E-state index < -0.39 is 11.9 Å². The maximum absolute atomic E-state index is 10.8. The second-order valence-electron chi connectivity index (χ2n) is 3.65. The van der Waals surface area contributed by atoms with E-state index in [1.807, 2.05) is 6.07 Å². The number of hydrogen-bond acceptors (Lipinski definition) is 6. The fourth-order valence-electron chi connectivity index (χ4n) is 1.21. The molecule has 0 fully saturated rings. The van der Waals surface area contributed by atoms with E-state index >= 15 is 0 Å². The molecule has 0 spiro atoms. The molecule has 0 aromatic heterocycles. The topological polar surface area (TPSA) is 77.3 Å². The number of carbonyl (C=O) groups is 2. The summed E-state index contributed by atoms with van der Waals surface area (Å²) in [5.41, 5.74) is 1.33. The van der Waals surface area contributed by atoms with Crippen molar-refractivity contribution in [3.05, 3.63) is 35.9 Å². The van der Waals surface area contributed by atoms with Crippen LogP contribution in [0, 0.1) is 0 Å². The van der Waals surface area contributed by atoms with Crippen molar-refractivity contribution >= 4 is 23.4 Å². The average Bonchev–Trinajstić information content (AvgIpc) is 2.37. The van der Waals surface area contributed by atoms with Gasteiger partial charge in [0.1, 0.15) is 11.4 Å². The van der Waals surface area contributed by atoms with Gasteiger partial charge in [-0.15, -0.1) is 0 Å². The second-order valence-corrected chi connectivity index (χ2v) is 3.65. The molecule has 0 saturated carbocycles. The summed E-state index contributed by atoms with van der Waals surface area (Å²) in [5, 5.41) is 7.34. The normalized spacial score (nSPS) is 11.9. The minimum absolute atomic E-state index is 0.317. The van der Waals surface area contributed by atoms with Gasteiger partial charge < -0.3 is 9.68 Å². The Morgan fingerprint density at radius 1 is 0.895 bits per heavy atom. The lowest BCUT2D eigenvalue weighted by Crippen LogP contribution is -2.14. The molecule has 0 heterocycles. The van der Waals surface area contributed by atoms with Crippen molar-refractivity contribution in [2.45, 2.75) is 20.8 Å². The molecule has 1 aromatic carbocycles. The highest BCUT2D eigenvalue weighted by Crippen LogP contribution is 2.04. The summed E-state index contributed by atoms with van der Waals surface area (Å²) in [7, 11) is 0. The molecule has 0 unspecified atom stereocenters. The van der Waals surface area contributed by atoms with Crippen molar-refractivity contribution in [1.82, 2.24) is 0 Å². The Bertz CT molecular complexity index is 521. The minimum Gasteiger partial charge on any atom is -0.318 e. The third-order valence-electron chi connectivity index (χ3n) is 1.97. The molecular weight excluding hydrogens is 248 g/mol. The molecular formula is C13H14N2O4. The largest absolute Gasteiger partial charge is 0.332 e. The number of nitrogens with zero attached hydrogens (tertiary/aromatic N) is 2. The zero-order valence-corrected chi connectivity index (χ0v) is 10.9. The fourth-order valence-corrected chi connectivity index (χ4v) is 1.21. The molecule has 1 aromatic rings. The Balaban J connectivity index is 3.06. The van der Waals surface area contributed by atoms with Crippen molar-refractivity contribution in [3.8, 4) is 0 Å². The van der Waals surface area contributed by atoms with Crippen LogP contribution in [0.1, 0.15) is 26.3 Å². The van der Waals surface area contributed by atoms with E-state index in [1.165, 1.54) is 13.8 Å². The smallest absolute Gasteiger partial charge is 0.318 e. The van der Waals surface area contributed by atoms with E-state index in [4.69, 9.17) is 0 Å². The zero-order valence-electron chi connectivity index (χ0n) is 10.9. The lowest BCUT2D eigenvalue weighted by Gasteiger charge is -2.04. The van der Waals surface area contributed by atoms with Crippen LogP contribution in [-0.2, 0) is 19.3 Å². The molecule has 0 amide bonds. The Kier molecular flexibility index (Phi) is 5.40. The summed E-state index contributed by atoms with van der Waals surface area (Å²) in [6.45, 7) is 4.07. The van der Waals surface area contributed by atoms with Gasteiger partial charge in [-0.1, -0.05) is 40.6 Å². The number of rotatable bonds is 4. The second kappa shape index (κ2) is 7.05. The van der Waals surface area contributed by atoms with Gasteiger partial charge in [0, 0.05) is 19.4 Å². The van der Waals surface area contributed by atoms with Crippen molar-refractivity contribution in [2.75, 3.05) is 0 Å². The number of benzene rings is 1. The first-order chi connectivity index (χ1) is 9.00. The third-order valence-corrected chi connectivity index (χ3v) is 1.97. The number of hydrogen-bond donors (Lipinski definition) is 0. The third kappa shape index (κ3) is 5.12. The van der Waals surface area contributed by atoms with Gasteiger partial charge in [0.2, 0.25) is 0 Å². The summed E-state index contributed by atoms with van der Waals surface area (Å²) >= 11 is 0. The first-order valence-corrected chi connectivity index (χ1v) is 5.54. The van der Waals surface area contributed by atoms with Crippen LogP contribution < -0.4 is 0 Å². The van der Waals surface area contributed by atoms with Crippen LogP contribution in [0.25, 0.3) is 0 Å². The van der Waals surface area contributed by atoms with Gasteiger partial charge >= 0.3 is 11.9 Å². The molecule has 0 bridgehead atoms. The van der Waals surface area contributed by atoms with Crippen LogP contribution in [-0.4, -0.2) is 23.4 Å². The van der Waals surface area contributed by atoms with Gasteiger partial charge in [-0.05, 0) is 6.92 Å². The van der Waals surface area contributed by atoms with E-state index in [1.54, 1.807) is 31.2 Å². The average molecular weight is 262 g/mol. The van der Waals surface area contributed by atoms with Crippen molar-refractivity contribution in [2.24, 2.45) is 10.3 Å². The Morgan fingerprint density at radius 3 is 1.95 bits per heavy atom. The van der Waals surface area contributed by atoms with Crippen molar-refractivity contribution in [3.63, 3.8) is 0 Å². The maximum Gasteiger partial charge on any atom is 0.332 e. The quantitative estimate of drug-likeness (QED) is 0.471. The van der Waals surface area contributed by atoms with E-state index in [9.17, 15) is 9.59 Å². The van der Waals surface area contributed by atoms with Gasteiger partial charge in [0.25, 0.3) is 0 Å². The highest BCUT2D eigenvalue weighted by Gasteiger charge is 2.10. The standard InChI is InChI=1S/C13H14N2O4/c1-9(14-18-10(2)16)13(15-19-11(3)17)12-7-5-4-6-8-12/h4-8H,1-3H3.